The summed E-state index contributed by atoms with van der Waals surface area (Å²) in [5.74, 6) is -0.410. The quantitative estimate of drug-likeness (QED) is 0.615. The maximum Gasteiger partial charge on any atom is 0.323 e. The third-order valence-corrected chi connectivity index (χ3v) is 3.24. The van der Waals surface area contributed by atoms with E-state index in [4.69, 9.17) is 0 Å². The van der Waals surface area contributed by atoms with Crippen molar-refractivity contribution in [1.82, 2.24) is 9.47 Å². The van der Waals surface area contributed by atoms with Gasteiger partial charge in [0.15, 0.2) is 5.69 Å². The lowest BCUT2D eigenvalue weighted by molar-refractivity contribution is -0.391. The van der Waals surface area contributed by atoms with Crippen LogP contribution in [-0.2, 0) is 7.05 Å². The minimum absolute atomic E-state index is 0.121. The first kappa shape index (κ1) is 12.6. The van der Waals surface area contributed by atoms with Crippen molar-refractivity contribution in [3.05, 3.63) is 27.9 Å². The molecular weight excluding hydrogens is 238 g/mol. The molecule has 0 aromatic carbocycles. The van der Waals surface area contributed by atoms with Gasteiger partial charge < -0.3 is 20.1 Å². The number of nitrogens with zero attached hydrogens (tertiary/aromatic N) is 3. The van der Waals surface area contributed by atoms with E-state index in [2.05, 4.69) is 0 Å². The van der Waals surface area contributed by atoms with Crippen molar-refractivity contribution in [2.75, 3.05) is 13.1 Å². The molecule has 7 nitrogen and oxygen atoms in total. The summed E-state index contributed by atoms with van der Waals surface area (Å²) in [5, 5.41) is 20.5. The summed E-state index contributed by atoms with van der Waals surface area (Å²) < 4.78 is 1.26. The molecule has 2 rings (SSSR count). The maximum atomic E-state index is 12.2. The Morgan fingerprint density at radius 3 is 2.67 bits per heavy atom. The SMILES string of the molecule is Cn1c(C(=O)N2CCC(C)(O)C2)ccc1[N+](=O)[O-]. The fourth-order valence-electron chi connectivity index (χ4n) is 2.18. The fourth-order valence-corrected chi connectivity index (χ4v) is 2.18. The van der Waals surface area contributed by atoms with Crippen LogP contribution in [0.1, 0.15) is 23.8 Å². The third kappa shape index (κ3) is 2.08. The normalized spacial score (nSPS) is 23.4. The molecule has 1 fully saturated rings. The largest absolute Gasteiger partial charge is 0.388 e. The van der Waals surface area contributed by atoms with Gasteiger partial charge >= 0.3 is 5.82 Å². The van der Waals surface area contributed by atoms with Gasteiger partial charge in [-0.1, -0.05) is 0 Å². The molecule has 1 saturated heterocycles. The second-order valence-corrected chi connectivity index (χ2v) is 4.87. The van der Waals surface area contributed by atoms with Gasteiger partial charge in [-0.05, 0) is 24.3 Å². The van der Waals surface area contributed by atoms with E-state index >= 15 is 0 Å². The van der Waals surface area contributed by atoms with E-state index in [1.165, 1.54) is 28.6 Å². The molecule has 0 saturated carbocycles. The lowest BCUT2D eigenvalue weighted by Gasteiger charge is -2.18. The van der Waals surface area contributed by atoms with Crippen LogP contribution in [0.4, 0.5) is 5.82 Å². The Kier molecular flexibility index (Phi) is 2.86. The minimum Gasteiger partial charge on any atom is -0.388 e. The summed E-state index contributed by atoms with van der Waals surface area (Å²) in [5.41, 5.74) is -0.605. The van der Waals surface area contributed by atoms with Gasteiger partial charge in [0.2, 0.25) is 0 Å². The smallest absolute Gasteiger partial charge is 0.323 e. The van der Waals surface area contributed by atoms with Crippen molar-refractivity contribution < 1.29 is 14.8 Å². The zero-order valence-electron chi connectivity index (χ0n) is 10.3. The standard InChI is InChI=1S/C11H15N3O4/c1-11(16)5-6-13(7-11)10(15)8-3-4-9(12(8)2)14(17)18/h3-4,16H,5-7H2,1-2H3. The number of amides is 1. The van der Waals surface area contributed by atoms with E-state index in [9.17, 15) is 20.0 Å². The number of nitro groups is 1. The van der Waals surface area contributed by atoms with Crippen molar-refractivity contribution in [3.8, 4) is 0 Å². The number of hydrogen-bond donors (Lipinski definition) is 1. The number of aliphatic hydroxyl groups is 1. The molecular formula is C11H15N3O4. The molecule has 2 heterocycles. The van der Waals surface area contributed by atoms with Crippen LogP contribution >= 0.6 is 0 Å². The van der Waals surface area contributed by atoms with Crippen LogP contribution in [0.15, 0.2) is 12.1 Å². The molecule has 18 heavy (non-hydrogen) atoms. The topological polar surface area (TPSA) is 88.6 Å². The van der Waals surface area contributed by atoms with E-state index in [-0.39, 0.29) is 24.0 Å². The first-order valence-corrected chi connectivity index (χ1v) is 5.63. The molecule has 1 N–H and O–H groups in total. The van der Waals surface area contributed by atoms with Gasteiger partial charge in [-0.15, -0.1) is 0 Å². The second kappa shape index (κ2) is 4.09. The van der Waals surface area contributed by atoms with Gasteiger partial charge in [-0.3, -0.25) is 4.79 Å². The van der Waals surface area contributed by atoms with Gasteiger partial charge in [0.25, 0.3) is 5.91 Å². The average Bonchev–Trinajstić information content (AvgIpc) is 2.80. The fraction of sp³-hybridized carbons (Fsp3) is 0.545. The summed E-state index contributed by atoms with van der Waals surface area (Å²) in [4.78, 5) is 23.8. The van der Waals surface area contributed by atoms with Crippen molar-refractivity contribution in [2.45, 2.75) is 18.9 Å². The molecule has 0 spiro atoms. The highest BCUT2D eigenvalue weighted by Crippen LogP contribution is 2.23. The molecule has 1 aromatic rings. The van der Waals surface area contributed by atoms with Gasteiger partial charge in [-0.25, -0.2) is 4.57 Å². The van der Waals surface area contributed by atoms with Crippen molar-refractivity contribution in [2.24, 2.45) is 7.05 Å². The van der Waals surface area contributed by atoms with Crippen LogP contribution in [0.5, 0.6) is 0 Å². The summed E-state index contributed by atoms with van der Waals surface area (Å²) in [6.45, 7) is 2.39. The van der Waals surface area contributed by atoms with Gasteiger partial charge in [0.1, 0.15) is 0 Å². The lowest BCUT2D eigenvalue weighted by Crippen LogP contribution is -2.34. The summed E-state index contributed by atoms with van der Waals surface area (Å²) in [6, 6.07) is 2.74. The molecule has 7 heteroatoms. The van der Waals surface area contributed by atoms with E-state index in [1.807, 2.05) is 0 Å². The zero-order valence-corrected chi connectivity index (χ0v) is 10.3. The van der Waals surface area contributed by atoms with Crippen molar-refractivity contribution in [3.63, 3.8) is 0 Å². The zero-order chi connectivity index (χ0) is 13.5. The Morgan fingerprint density at radius 1 is 1.56 bits per heavy atom. The predicted octanol–water partition coefficient (Wildman–Crippen LogP) is 0.530. The number of hydrogen-bond acceptors (Lipinski definition) is 4. The van der Waals surface area contributed by atoms with E-state index in [0.717, 1.165) is 0 Å². The first-order valence-electron chi connectivity index (χ1n) is 5.63. The molecule has 0 aliphatic carbocycles. The number of carbonyl (C=O) groups excluding carboxylic acids is 1. The van der Waals surface area contributed by atoms with Crippen LogP contribution in [0.25, 0.3) is 0 Å². The molecule has 0 bridgehead atoms. The van der Waals surface area contributed by atoms with Gasteiger partial charge in [0, 0.05) is 19.2 Å². The number of rotatable bonds is 2. The Labute approximate surface area is 104 Å². The van der Waals surface area contributed by atoms with E-state index in [1.54, 1.807) is 6.92 Å². The van der Waals surface area contributed by atoms with Crippen LogP contribution in [0.2, 0.25) is 0 Å². The molecule has 1 unspecified atom stereocenters. The second-order valence-electron chi connectivity index (χ2n) is 4.87. The maximum absolute atomic E-state index is 12.2. The monoisotopic (exact) mass is 253 g/mol. The van der Waals surface area contributed by atoms with E-state index in [0.29, 0.717) is 13.0 Å². The molecule has 0 radical (unpaired) electrons. The Bertz CT molecular complexity index is 506. The van der Waals surface area contributed by atoms with Crippen LogP contribution < -0.4 is 0 Å². The Balaban J connectivity index is 2.23. The van der Waals surface area contributed by atoms with Crippen LogP contribution in [-0.4, -0.2) is 44.1 Å². The Morgan fingerprint density at radius 2 is 2.22 bits per heavy atom. The highest BCUT2D eigenvalue weighted by Gasteiger charge is 2.36. The number of carbonyl (C=O) groups is 1. The highest BCUT2D eigenvalue weighted by molar-refractivity contribution is 5.93. The lowest BCUT2D eigenvalue weighted by atomic mass is 10.1. The number of β-amino-alcohol motifs (C(OH)–C–C–N with tert-alkyl or cyclic N) is 1. The van der Waals surface area contributed by atoms with Crippen LogP contribution in [0, 0.1) is 10.1 Å². The molecule has 1 aromatic heterocycles. The summed E-state index contributed by atoms with van der Waals surface area (Å²) in [7, 11) is 1.49. The number of aromatic nitrogens is 1. The van der Waals surface area contributed by atoms with Crippen molar-refractivity contribution in [1.29, 1.82) is 0 Å². The molecule has 1 amide bonds. The summed E-state index contributed by atoms with van der Waals surface area (Å²) in [6.07, 6.45) is 0.519. The average molecular weight is 253 g/mol. The third-order valence-electron chi connectivity index (χ3n) is 3.24. The predicted molar refractivity (Wildman–Crippen MR) is 63.2 cm³/mol. The first-order chi connectivity index (χ1) is 8.32. The Hall–Kier alpha value is -1.89. The van der Waals surface area contributed by atoms with Crippen LogP contribution in [0.3, 0.4) is 0 Å². The molecule has 98 valence electrons. The minimum atomic E-state index is -0.868. The number of likely N-dealkylation sites (tertiary alicyclic amines) is 1. The van der Waals surface area contributed by atoms with Gasteiger partial charge in [-0.2, -0.15) is 0 Å². The molecule has 1 aliphatic heterocycles. The summed E-state index contributed by atoms with van der Waals surface area (Å²) >= 11 is 0. The van der Waals surface area contributed by atoms with Gasteiger partial charge in [0.05, 0.1) is 12.6 Å². The molecule has 1 atom stereocenters. The van der Waals surface area contributed by atoms with Crippen molar-refractivity contribution >= 4 is 11.7 Å². The van der Waals surface area contributed by atoms with E-state index < -0.39 is 10.5 Å². The molecule has 1 aliphatic rings. The highest BCUT2D eigenvalue weighted by atomic mass is 16.6.